The van der Waals surface area contributed by atoms with Gasteiger partial charge in [-0.05, 0) is 24.3 Å². The van der Waals surface area contributed by atoms with Gasteiger partial charge in [0, 0.05) is 5.57 Å². The van der Waals surface area contributed by atoms with Crippen LogP contribution in [0.2, 0.25) is 0 Å². The van der Waals surface area contributed by atoms with Gasteiger partial charge in [0.2, 0.25) is 0 Å². The second kappa shape index (κ2) is 3.77. The van der Waals surface area contributed by atoms with Gasteiger partial charge in [-0.2, -0.15) is 0 Å². The summed E-state index contributed by atoms with van der Waals surface area (Å²) >= 11 is 0. The minimum Gasteiger partial charge on any atom is -0.466 e. The molecule has 2 unspecified atom stereocenters. The fraction of sp³-hybridized carbons (Fsp3) is 0.545. The summed E-state index contributed by atoms with van der Waals surface area (Å²) in [6, 6.07) is 0. The molecule has 0 aromatic carbocycles. The van der Waals surface area contributed by atoms with Crippen molar-refractivity contribution in [2.45, 2.75) is 20.8 Å². The highest BCUT2D eigenvalue weighted by Gasteiger charge is 2.25. The number of esters is 1. The lowest BCUT2D eigenvalue weighted by Crippen LogP contribution is -2.21. The quantitative estimate of drug-likeness (QED) is 0.579. The lowest BCUT2D eigenvalue weighted by molar-refractivity contribution is -0.136. The number of allylic oxidation sites excluding steroid dienone is 3. The Morgan fingerprint density at radius 3 is 2.62 bits per heavy atom. The van der Waals surface area contributed by atoms with Gasteiger partial charge >= 0.3 is 5.97 Å². The second-order valence-corrected chi connectivity index (χ2v) is 3.60. The Hall–Kier alpha value is -1.05. The first-order valence-electron chi connectivity index (χ1n) is 4.55. The summed E-state index contributed by atoms with van der Waals surface area (Å²) in [6.07, 6.45) is 4.13. The van der Waals surface area contributed by atoms with Crippen LogP contribution in [0.3, 0.4) is 0 Å². The third kappa shape index (κ3) is 1.82. The van der Waals surface area contributed by atoms with Gasteiger partial charge < -0.3 is 4.74 Å². The van der Waals surface area contributed by atoms with Crippen molar-refractivity contribution in [3.8, 4) is 0 Å². The molecule has 0 fully saturated rings. The number of methoxy groups -OCH3 is 1. The summed E-state index contributed by atoms with van der Waals surface area (Å²) in [7, 11) is 1.43. The van der Waals surface area contributed by atoms with E-state index < -0.39 is 0 Å². The first-order valence-corrected chi connectivity index (χ1v) is 4.55. The Balaban J connectivity index is 3.02. The van der Waals surface area contributed by atoms with Crippen LogP contribution in [-0.2, 0) is 9.53 Å². The molecule has 1 aliphatic carbocycles. The number of carbonyl (C=O) groups is 1. The summed E-state index contributed by atoms with van der Waals surface area (Å²) in [6.45, 7) is 6.12. The average molecular weight is 180 g/mol. The molecule has 0 aliphatic heterocycles. The van der Waals surface area contributed by atoms with E-state index >= 15 is 0 Å². The summed E-state index contributed by atoms with van der Waals surface area (Å²) in [5, 5.41) is 0. The molecule has 0 aromatic heterocycles. The SMILES string of the molecule is COC(=O)C1=C(C)C=CC(C)C1C. The van der Waals surface area contributed by atoms with Crippen molar-refractivity contribution in [1.82, 2.24) is 0 Å². The van der Waals surface area contributed by atoms with Crippen molar-refractivity contribution in [3.05, 3.63) is 23.3 Å². The smallest absolute Gasteiger partial charge is 0.334 e. The van der Waals surface area contributed by atoms with Crippen LogP contribution in [0, 0.1) is 11.8 Å². The van der Waals surface area contributed by atoms with Crippen LogP contribution in [0.5, 0.6) is 0 Å². The van der Waals surface area contributed by atoms with Crippen LogP contribution in [0.15, 0.2) is 23.3 Å². The number of rotatable bonds is 1. The van der Waals surface area contributed by atoms with E-state index in [2.05, 4.69) is 19.9 Å². The predicted octanol–water partition coefficient (Wildman–Crippen LogP) is 2.32. The molecular weight excluding hydrogens is 164 g/mol. The molecule has 0 saturated heterocycles. The van der Waals surface area contributed by atoms with Gasteiger partial charge in [-0.3, -0.25) is 0 Å². The Kier molecular flexibility index (Phi) is 2.91. The van der Waals surface area contributed by atoms with Crippen LogP contribution in [0.4, 0.5) is 0 Å². The maximum Gasteiger partial charge on any atom is 0.334 e. The zero-order chi connectivity index (χ0) is 10.0. The van der Waals surface area contributed by atoms with Crippen LogP contribution >= 0.6 is 0 Å². The molecule has 0 radical (unpaired) electrons. The number of hydrogen-bond donors (Lipinski definition) is 0. The Bertz CT molecular complexity index is 274. The molecule has 0 saturated carbocycles. The van der Waals surface area contributed by atoms with Crippen molar-refractivity contribution in [2.75, 3.05) is 7.11 Å². The molecule has 0 bridgehead atoms. The molecule has 13 heavy (non-hydrogen) atoms. The highest BCUT2D eigenvalue weighted by molar-refractivity contribution is 5.90. The first-order chi connectivity index (χ1) is 6.07. The highest BCUT2D eigenvalue weighted by atomic mass is 16.5. The van der Waals surface area contributed by atoms with Gasteiger partial charge in [0.15, 0.2) is 0 Å². The Morgan fingerprint density at radius 1 is 1.46 bits per heavy atom. The maximum atomic E-state index is 11.4. The third-order valence-electron chi connectivity index (χ3n) is 2.72. The van der Waals surface area contributed by atoms with Gasteiger partial charge in [-0.15, -0.1) is 0 Å². The number of ether oxygens (including phenoxy) is 1. The Labute approximate surface area is 79.3 Å². The van der Waals surface area contributed by atoms with Crippen LogP contribution in [0.1, 0.15) is 20.8 Å². The molecular formula is C11H16O2. The lowest BCUT2D eigenvalue weighted by Gasteiger charge is -2.24. The molecule has 0 N–H and O–H groups in total. The Morgan fingerprint density at radius 2 is 2.08 bits per heavy atom. The van der Waals surface area contributed by atoms with E-state index in [-0.39, 0.29) is 11.9 Å². The molecule has 1 aliphatic rings. The van der Waals surface area contributed by atoms with Crippen LogP contribution in [0.25, 0.3) is 0 Å². The molecule has 0 amide bonds. The van der Waals surface area contributed by atoms with Gasteiger partial charge in [0.25, 0.3) is 0 Å². The number of hydrogen-bond acceptors (Lipinski definition) is 2. The van der Waals surface area contributed by atoms with E-state index in [0.717, 1.165) is 11.1 Å². The molecule has 0 spiro atoms. The minimum absolute atomic E-state index is 0.193. The van der Waals surface area contributed by atoms with Crippen molar-refractivity contribution >= 4 is 5.97 Å². The lowest BCUT2D eigenvalue weighted by atomic mass is 9.82. The van der Waals surface area contributed by atoms with Gasteiger partial charge in [-0.25, -0.2) is 4.79 Å². The zero-order valence-corrected chi connectivity index (χ0v) is 8.63. The second-order valence-electron chi connectivity index (χ2n) is 3.60. The van der Waals surface area contributed by atoms with Gasteiger partial charge in [0.05, 0.1) is 7.11 Å². The zero-order valence-electron chi connectivity index (χ0n) is 8.63. The number of carbonyl (C=O) groups excluding carboxylic acids is 1. The van der Waals surface area contributed by atoms with Crippen LogP contribution < -0.4 is 0 Å². The fourth-order valence-electron chi connectivity index (χ4n) is 1.63. The normalized spacial score (nSPS) is 27.7. The largest absolute Gasteiger partial charge is 0.466 e. The summed E-state index contributed by atoms with van der Waals surface area (Å²) < 4.78 is 4.75. The van der Waals surface area contributed by atoms with Crippen LogP contribution in [-0.4, -0.2) is 13.1 Å². The van der Waals surface area contributed by atoms with E-state index in [1.165, 1.54) is 7.11 Å². The minimum atomic E-state index is -0.193. The van der Waals surface area contributed by atoms with E-state index in [1.807, 2.05) is 13.0 Å². The standard InChI is InChI=1S/C11H16O2/c1-7-5-6-8(2)10(9(7)3)11(12)13-4/h5-7,9H,1-4H3. The molecule has 2 atom stereocenters. The maximum absolute atomic E-state index is 11.4. The first kappa shape index (κ1) is 10.0. The van der Waals surface area contributed by atoms with E-state index in [0.29, 0.717) is 5.92 Å². The van der Waals surface area contributed by atoms with Gasteiger partial charge in [-0.1, -0.05) is 26.0 Å². The topological polar surface area (TPSA) is 26.3 Å². The predicted molar refractivity (Wildman–Crippen MR) is 52.2 cm³/mol. The molecule has 2 nitrogen and oxygen atoms in total. The molecule has 0 aromatic rings. The average Bonchev–Trinajstić information content (AvgIpc) is 2.12. The molecule has 1 rings (SSSR count). The van der Waals surface area contributed by atoms with Crippen molar-refractivity contribution in [1.29, 1.82) is 0 Å². The molecule has 72 valence electrons. The summed E-state index contributed by atoms with van der Waals surface area (Å²) in [4.78, 5) is 11.4. The van der Waals surface area contributed by atoms with Gasteiger partial charge in [0.1, 0.15) is 0 Å². The van der Waals surface area contributed by atoms with E-state index in [9.17, 15) is 4.79 Å². The summed E-state index contributed by atoms with van der Waals surface area (Å²) in [5.41, 5.74) is 1.84. The third-order valence-corrected chi connectivity index (χ3v) is 2.72. The molecule has 0 heterocycles. The monoisotopic (exact) mass is 180 g/mol. The van der Waals surface area contributed by atoms with E-state index in [4.69, 9.17) is 4.74 Å². The van der Waals surface area contributed by atoms with Crippen molar-refractivity contribution < 1.29 is 9.53 Å². The van der Waals surface area contributed by atoms with E-state index in [1.54, 1.807) is 0 Å². The van der Waals surface area contributed by atoms with Crippen molar-refractivity contribution in [2.24, 2.45) is 11.8 Å². The highest BCUT2D eigenvalue weighted by Crippen LogP contribution is 2.29. The van der Waals surface area contributed by atoms with Crippen molar-refractivity contribution in [3.63, 3.8) is 0 Å². The summed E-state index contributed by atoms with van der Waals surface area (Å²) in [5.74, 6) is 0.483. The fourth-order valence-corrected chi connectivity index (χ4v) is 1.63. The molecule has 2 heteroatoms.